The average molecular weight is 360 g/mol. The number of hydrogen-bond donors (Lipinski definition) is 2. The van der Waals surface area contributed by atoms with Crippen molar-refractivity contribution in [2.45, 2.75) is 45.9 Å². The van der Waals surface area contributed by atoms with E-state index in [1.54, 1.807) is 13.3 Å². The van der Waals surface area contributed by atoms with Crippen molar-refractivity contribution in [3.8, 4) is 11.5 Å². The Bertz CT molecular complexity index is 686. The lowest BCUT2D eigenvalue weighted by atomic mass is 10.1. The maximum Gasteiger partial charge on any atom is 0.315 e. The van der Waals surface area contributed by atoms with E-state index in [2.05, 4.69) is 15.7 Å². The molecule has 2 rings (SSSR count). The molecule has 2 amide bonds. The second kappa shape index (κ2) is 9.70. The first-order valence-electron chi connectivity index (χ1n) is 8.86. The molecule has 1 atom stereocenters. The van der Waals surface area contributed by atoms with Crippen molar-refractivity contribution in [2.24, 2.45) is 0 Å². The number of carbonyl (C=O) groups excluding carboxylic acids is 1. The van der Waals surface area contributed by atoms with Gasteiger partial charge in [-0.2, -0.15) is 5.10 Å². The second-order valence-corrected chi connectivity index (χ2v) is 6.32. The van der Waals surface area contributed by atoms with Crippen LogP contribution in [-0.2, 0) is 6.54 Å². The summed E-state index contributed by atoms with van der Waals surface area (Å²) in [6.45, 7) is 7.23. The zero-order valence-corrected chi connectivity index (χ0v) is 15.9. The van der Waals surface area contributed by atoms with Crippen LogP contribution >= 0.6 is 0 Å². The van der Waals surface area contributed by atoms with Crippen LogP contribution in [0.3, 0.4) is 0 Å². The first kappa shape index (κ1) is 19.6. The number of benzene rings is 1. The molecule has 0 saturated heterocycles. The summed E-state index contributed by atoms with van der Waals surface area (Å²) in [7, 11) is 1.61. The molecule has 1 aromatic heterocycles. The van der Waals surface area contributed by atoms with Crippen molar-refractivity contribution in [1.29, 1.82) is 0 Å². The van der Waals surface area contributed by atoms with E-state index >= 15 is 0 Å². The third-order valence-corrected chi connectivity index (χ3v) is 3.81. The zero-order chi connectivity index (χ0) is 18.9. The summed E-state index contributed by atoms with van der Waals surface area (Å²) < 4.78 is 13.0. The molecule has 1 unspecified atom stereocenters. The van der Waals surface area contributed by atoms with Gasteiger partial charge in [-0.1, -0.05) is 6.07 Å². The van der Waals surface area contributed by atoms with Gasteiger partial charge in [0.1, 0.15) is 0 Å². The van der Waals surface area contributed by atoms with Crippen molar-refractivity contribution in [1.82, 2.24) is 20.4 Å². The van der Waals surface area contributed by atoms with Crippen LogP contribution in [0.2, 0.25) is 0 Å². The van der Waals surface area contributed by atoms with E-state index in [1.165, 1.54) is 0 Å². The van der Waals surface area contributed by atoms with Crippen molar-refractivity contribution < 1.29 is 14.3 Å². The molecular weight excluding hydrogens is 332 g/mol. The van der Waals surface area contributed by atoms with Gasteiger partial charge >= 0.3 is 6.03 Å². The molecule has 0 bridgehead atoms. The van der Waals surface area contributed by atoms with Crippen LogP contribution in [0, 0.1) is 0 Å². The van der Waals surface area contributed by atoms with Crippen molar-refractivity contribution in [2.75, 3.05) is 13.7 Å². The van der Waals surface area contributed by atoms with Gasteiger partial charge in [0, 0.05) is 25.5 Å². The summed E-state index contributed by atoms with van der Waals surface area (Å²) in [6, 6.07) is 7.23. The Morgan fingerprint density at radius 1 is 1.27 bits per heavy atom. The molecule has 0 aliphatic carbocycles. The smallest absolute Gasteiger partial charge is 0.315 e. The van der Waals surface area contributed by atoms with Crippen LogP contribution in [0.15, 0.2) is 36.7 Å². The van der Waals surface area contributed by atoms with Crippen LogP contribution in [0.4, 0.5) is 4.79 Å². The minimum absolute atomic E-state index is 0.0674. The van der Waals surface area contributed by atoms with E-state index in [0.717, 1.165) is 18.5 Å². The maximum absolute atomic E-state index is 12.1. The van der Waals surface area contributed by atoms with Gasteiger partial charge in [0.25, 0.3) is 0 Å². The van der Waals surface area contributed by atoms with Gasteiger partial charge in [-0.05, 0) is 51.0 Å². The monoisotopic (exact) mass is 360 g/mol. The molecule has 2 N–H and O–H groups in total. The van der Waals surface area contributed by atoms with E-state index in [-0.39, 0.29) is 18.2 Å². The fourth-order valence-corrected chi connectivity index (χ4v) is 2.51. The van der Waals surface area contributed by atoms with Gasteiger partial charge < -0.3 is 20.1 Å². The molecule has 0 aliphatic heterocycles. The highest BCUT2D eigenvalue weighted by Crippen LogP contribution is 2.31. The van der Waals surface area contributed by atoms with Crippen molar-refractivity contribution in [3.05, 3.63) is 42.2 Å². The van der Waals surface area contributed by atoms with Crippen molar-refractivity contribution in [3.63, 3.8) is 0 Å². The molecule has 142 valence electrons. The molecule has 0 radical (unpaired) electrons. The predicted molar refractivity (Wildman–Crippen MR) is 101 cm³/mol. The second-order valence-electron chi connectivity index (χ2n) is 6.32. The van der Waals surface area contributed by atoms with Crippen LogP contribution in [-0.4, -0.2) is 35.6 Å². The Hall–Kier alpha value is -2.70. The van der Waals surface area contributed by atoms with Crippen LogP contribution in [0.5, 0.6) is 11.5 Å². The van der Waals surface area contributed by atoms with Crippen molar-refractivity contribution >= 4 is 6.03 Å². The largest absolute Gasteiger partial charge is 0.493 e. The number of hydrogen-bond acceptors (Lipinski definition) is 4. The van der Waals surface area contributed by atoms with E-state index < -0.39 is 0 Å². The third-order valence-electron chi connectivity index (χ3n) is 3.81. The Balaban J connectivity index is 1.82. The quantitative estimate of drug-likeness (QED) is 0.674. The minimum Gasteiger partial charge on any atom is -0.493 e. The molecule has 0 spiro atoms. The number of aryl methyl sites for hydroxylation is 1. The van der Waals surface area contributed by atoms with E-state index in [0.29, 0.717) is 18.0 Å². The summed E-state index contributed by atoms with van der Waals surface area (Å²) >= 11 is 0. The number of carbonyl (C=O) groups is 1. The number of aromatic nitrogens is 2. The standard InChI is InChI=1S/C19H28N4O3/c1-14(2)26-17-8-7-16(13-18(17)25-4)15(3)22-19(24)20-9-5-11-23-12-6-10-21-23/h6-8,10,12-15H,5,9,11H2,1-4H3,(H2,20,22,24). The van der Waals surface area contributed by atoms with Gasteiger partial charge in [0.05, 0.1) is 19.3 Å². The lowest BCUT2D eigenvalue weighted by Gasteiger charge is -2.18. The first-order valence-corrected chi connectivity index (χ1v) is 8.86. The molecule has 0 saturated carbocycles. The number of ether oxygens (including phenoxy) is 2. The lowest BCUT2D eigenvalue weighted by molar-refractivity contribution is 0.230. The molecular formula is C19H28N4O3. The number of nitrogens with zero attached hydrogens (tertiary/aromatic N) is 2. The average Bonchev–Trinajstić information content (AvgIpc) is 3.12. The summed E-state index contributed by atoms with van der Waals surface area (Å²) in [4.78, 5) is 12.1. The molecule has 0 aliphatic rings. The van der Waals surface area contributed by atoms with Gasteiger partial charge in [-0.3, -0.25) is 4.68 Å². The Morgan fingerprint density at radius 3 is 2.73 bits per heavy atom. The summed E-state index contributed by atoms with van der Waals surface area (Å²) in [5.74, 6) is 1.35. The van der Waals surface area contributed by atoms with Crippen LogP contribution in [0.25, 0.3) is 0 Å². The maximum atomic E-state index is 12.1. The highest BCUT2D eigenvalue weighted by atomic mass is 16.5. The SMILES string of the molecule is COc1cc(C(C)NC(=O)NCCCn2cccn2)ccc1OC(C)C. The number of methoxy groups -OCH3 is 1. The number of urea groups is 1. The van der Waals surface area contributed by atoms with E-state index in [9.17, 15) is 4.79 Å². The summed E-state index contributed by atoms with van der Waals surface area (Å²) in [5, 5.41) is 9.93. The molecule has 7 nitrogen and oxygen atoms in total. The fourth-order valence-electron chi connectivity index (χ4n) is 2.51. The third kappa shape index (κ3) is 5.98. The predicted octanol–water partition coefficient (Wildman–Crippen LogP) is 3.13. The minimum atomic E-state index is -0.195. The van der Waals surface area contributed by atoms with Crippen LogP contribution < -0.4 is 20.1 Å². The molecule has 26 heavy (non-hydrogen) atoms. The normalized spacial score (nSPS) is 11.9. The Kier molecular flexibility index (Phi) is 7.32. The Morgan fingerprint density at radius 2 is 2.08 bits per heavy atom. The Labute approximate surface area is 154 Å². The number of rotatable bonds is 9. The number of amides is 2. The first-order chi connectivity index (χ1) is 12.5. The molecule has 0 fully saturated rings. The summed E-state index contributed by atoms with van der Waals surface area (Å²) in [5.41, 5.74) is 0.949. The van der Waals surface area contributed by atoms with Gasteiger partial charge in [0.2, 0.25) is 0 Å². The molecule has 1 aromatic carbocycles. The molecule has 1 heterocycles. The highest BCUT2D eigenvalue weighted by molar-refractivity contribution is 5.74. The number of nitrogens with one attached hydrogen (secondary N) is 2. The van der Waals surface area contributed by atoms with Crippen LogP contribution in [0.1, 0.15) is 38.8 Å². The van der Waals surface area contributed by atoms with E-state index in [4.69, 9.17) is 9.47 Å². The highest BCUT2D eigenvalue weighted by Gasteiger charge is 2.13. The molecule has 2 aromatic rings. The zero-order valence-electron chi connectivity index (χ0n) is 15.9. The summed E-state index contributed by atoms with van der Waals surface area (Å²) in [6.07, 6.45) is 4.53. The molecule has 7 heteroatoms. The van der Waals surface area contributed by atoms with Gasteiger partial charge in [-0.25, -0.2) is 4.79 Å². The van der Waals surface area contributed by atoms with Gasteiger partial charge in [-0.15, -0.1) is 0 Å². The fraction of sp³-hybridized carbons (Fsp3) is 0.474. The van der Waals surface area contributed by atoms with Gasteiger partial charge in [0.15, 0.2) is 11.5 Å². The van der Waals surface area contributed by atoms with E-state index in [1.807, 2.05) is 55.9 Å². The topological polar surface area (TPSA) is 77.4 Å². The lowest BCUT2D eigenvalue weighted by Crippen LogP contribution is -2.37.